The van der Waals surface area contributed by atoms with E-state index in [-0.39, 0.29) is 0 Å². The average Bonchev–Trinajstić information content (AvgIpc) is 2.63. The Morgan fingerprint density at radius 3 is 1.60 bits per heavy atom. The van der Waals surface area contributed by atoms with Crippen molar-refractivity contribution in [3.8, 4) is 0 Å². The maximum Gasteiger partial charge on any atom is 0.0701 e. The highest BCUT2D eigenvalue weighted by Gasteiger charge is 2.09. The summed E-state index contributed by atoms with van der Waals surface area (Å²) in [4.78, 5) is 0. The molecule has 0 fully saturated rings. The molecule has 0 saturated heterocycles. The zero-order chi connectivity index (χ0) is 18.4. The zero-order valence-electron chi connectivity index (χ0n) is 17.5. The predicted molar refractivity (Wildman–Crippen MR) is 108 cm³/mol. The van der Waals surface area contributed by atoms with Crippen LogP contribution in [-0.4, -0.2) is 39.6 Å². The monoisotopic (exact) mass is 358 g/mol. The van der Waals surface area contributed by atoms with Gasteiger partial charge in [0.1, 0.15) is 0 Å². The quantitative estimate of drug-likeness (QED) is 0.222. The van der Waals surface area contributed by atoms with Gasteiger partial charge in [-0.15, -0.1) is 0 Å². The summed E-state index contributed by atoms with van der Waals surface area (Å²) >= 11 is 0. The van der Waals surface area contributed by atoms with Gasteiger partial charge in [-0.3, -0.25) is 0 Å². The Labute approximate surface area is 158 Å². The largest absolute Gasteiger partial charge is 0.379 e. The number of hydrogen-bond acceptors (Lipinski definition) is 3. The third kappa shape index (κ3) is 20.0. The standard InChI is InChI=1S/C22H46O3/c1-4-7-9-11-12-14-16-22(15-13-10-8-5-2)21-25-20-19-24-18-17-23-6-3/h22H,4-21H2,1-3H3. The molecule has 0 aliphatic carbocycles. The van der Waals surface area contributed by atoms with Gasteiger partial charge in [-0.25, -0.2) is 0 Å². The Balaban J connectivity index is 3.69. The fourth-order valence-corrected chi connectivity index (χ4v) is 3.12. The predicted octanol–water partition coefficient (Wildman–Crippen LogP) is 6.39. The molecule has 0 saturated carbocycles. The summed E-state index contributed by atoms with van der Waals surface area (Å²) in [5.74, 6) is 0.742. The Morgan fingerprint density at radius 2 is 1.00 bits per heavy atom. The Kier molecular flexibility index (Phi) is 21.8. The summed E-state index contributed by atoms with van der Waals surface area (Å²) < 4.78 is 16.7. The molecule has 0 radical (unpaired) electrons. The van der Waals surface area contributed by atoms with Crippen LogP contribution in [-0.2, 0) is 14.2 Å². The van der Waals surface area contributed by atoms with E-state index in [4.69, 9.17) is 14.2 Å². The van der Waals surface area contributed by atoms with Crippen LogP contribution < -0.4 is 0 Å². The van der Waals surface area contributed by atoms with E-state index < -0.39 is 0 Å². The summed E-state index contributed by atoms with van der Waals surface area (Å²) in [6.45, 7) is 11.0. The van der Waals surface area contributed by atoms with Gasteiger partial charge in [-0.05, 0) is 25.7 Å². The number of unbranched alkanes of at least 4 members (excludes halogenated alkanes) is 8. The van der Waals surface area contributed by atoms with Crippen LogP contribution >= 0.6 is 0 Å². The van der Waals surface area contributed by atoms with Crippen molar-refractivity contribution in [1.29, 1.82) is 0 Å². The highest BCUT2D eigenvalue weighted by Crippen LogP contribution is 2.19. The molecule has 0 N–H and O–H groups in total. The van der Waals surface area contributed by atoms with Gasteiger partial charge >= 0.3 is 0 Å². The summed E-state index contributed by atoms with van der Waals surface area (Å²) in [6.07, 6.45) is 16.4. The van der Waals surface area contributed by atoms with Crippen molar-refractivity contribution in [3.05, 3.63) is 0 Å². The van der Waals surface area contributed by atoms with Gasteiger partial charge in [0.25, 0.3) is 0 Å². The molecule has 0 bridgehead atoms. The Morgan fingerprint density at radius 1 is 0.520 bits per heavy atom. The molecule has 1 atom stereocenters. The molecule has 0 aliphatic rings. The molecule has 0 heterocycles. The minimum atomic E-state index is 0.676. The van der Waals surface area contributed by atoms with E-state index in [1.54, 1.807) is 0 Å². The second-order valence-corrected chi connectivity index (χ2v) is 7.16. The number of hydrogen-bond donors (Lipinski definition) is 0. The van der Waals surface area contributed by atoms with E-state index in [2.05, 4.69) is 13.8 Å². The van der Waals surface area contributed by atoms with Crippen LogP contribution in [0.3, 0.4) is 0 Å². The van der Waals surface area contributed by atoms with Crippen molar-refractivity contribution in [1.82, 2.24) is 0 Å². The average molecular weight is 359 g/mol. The van der Waals surface area contributed by atoms with Gasteiger partial charge < -0.3 is 14.2 Å². The minimum Gasteiger partial charge on any atom is -0.379 e. The van der Waals surface area contributed by atoms with Gasteiger partial charge in [-0.1, -0.05) is 78.1 Å². The van der Waals surface area contributed by atoms with E-state index >= 15 is 0 Å². The molecule has 3 heteroatoms. The lowest BCUT2D eigenvalue weighted by molar-refractivity contribution is 0.00746. The molecule has 0 aliphatic heterocycles. The molecule has 0 aromatic heterocycles. The van der Waals surface area contributed by atoms with Crippen LogP contribution in [0.25, 0.3) is 0 Å². The highest BCUT2D eigenvalue weighted by atomic mass is 16.5. The van der Waals surface area contributed by atoms with Crippen molar-refractivity contribution in [2.45, 2.75) is 97.8 Å². The van der Waals surface area contributed by atoms with Crippen molar-refractivity contribution < 1.29 is 14.2 Å². The topological polar surface area (TPSA) is 27.7 Å². The normalized spacial score (nSPS) is 12.6. The zero-order valence-corrected chi connectivity index (χ0v) is 17.5. The first-order valence-corrected chi connectivity index (χ1v) is 11.1. The van der Waals surface area contributed by atoms with Crippen LogP contribution in [0.2, 0.25) is 0 Å². The third-order valence-corrected chi connectivity index (χ3v) is 4.73. The van der Waals surface area contributed by atoms with Gasteiger partial charge in [0, 0.05) is 13.2 Å². The SMILES string of the molecule is CCCCCCCCC(CCCCCC)COCCOCCOCC. The molecule has 0 rings (SSSR count). The maximum atomic E-state index is 5.89. The minimum absolute atomic E-state index is 0.676. The van der Waals surface area contributed by atoms with E-state index in [9.17, 15) is 0 Å². The van der Waals surface area contributed by atoms with E-state index in [1.165, 1.54) is 77.0 Å². The molecule has 0 aromatic rings. The van der Waals surface area contributed by atoms with Crippen molar-refractivity contribution in [2.75, 3.05) is 39.6 Å². The van der Waals surface area contributed by atoms with Gasteiger partial charge in [-0.2, -0.15) is 0 Å². The van der Waals surface area contributed by atoms with Crippen molar-refractivity contribution >= 4 is 0 Å². The molecule has 0 amide bonds. The molecule has 3 nitrogen and oxygen atoms in total. The van der Waals surface area contributed by atoms with Gasteiger partial charge in [0.2, 0.25) is 0 Å². The molecular formula is C22H46O3. The first-order chi connectivity index (χ1) is 12.3. The molecule has 152 valence electrons. The first-order valence-electron chi connectivity index (χ1n) is 11.1. The van der Waals surface area contributed by atoms with E-state index in [0.717, 1.165) is 19.1 Å². The lowest BCUT2D eigenvalue weighted by Gasteiger charge is -2.17. The molecule has 1 unspecified atom stereocenters. The van der Waals surface area contributed by atoms with Crippen LogP contribution in [0.1, 0.15) is 97.8 Å². The molecule has 0 spiro atoms. The molecule has 0 aromatic carbocycles. The molecule has 25 heavy (non-hydrogen) atoms. The van der Waals surface area contributed by atoms with Crippen LogP contribution in [0.4, 0.5) is 0 Å². The number of ether oxygens (including phenoxy) is 3. The number of rotatable bonds is 21. The Bertz CT molecular complexity index is 233. The maximum absolute atomic E-state index is 5.89. The Hall–Kier alpha value is -0.120. The van der Waals surface area contributed by atoms with Gasteiger partial charge in [0.05, 0.1) is 26.4 Å². The fourth-order valence-electron chi connectivity index (χ4n) is 3.12. The van der Waals surface area contributed by atoms with Crippen LogP contribution in [0, 0.1) is 5.92 Å². The van der Waals surface area contributed by atoms with E-state index in [1.807, 2.05) is 6.92 Å². The smallest absolute Gasteiger partial charge is 0.0701 e. The summed E-state index contributed by atoms with van der Waals surface area (Å²) in [7, 11) is 0. The lowest BCUT2D eigenvalue weighted by atomic mass is 9.95. The second-order valence-electron chi connectivity index (χ2n) is 7.16. The summed E-state index contributed by atoms with van der Waals surface area (Å²) in [5, 5.41) is 0. The highest BCUT2D eigenvalue weighted by molar-refractivity contribution is 4.60. The van der Waals surface area contributed by atoms with E-state index in [0.29, 0.717) is 26.4 Å². The van der Waals surface area contributed by atoms with Crippen molar-refractivity contribution in [3.63, 3.8) is 0 Å². The molecular weight excluding hydrogens is 312 g/mol. The van der Waals surface area contributed by atoms with Gasteiger partial charge in [0.15, 0.2) is 0 Å². The lowest BCUT2D eigenvalue weighted by Crippen LogP contribution is -2.14. The van der Waals surface area contributed by atoms with Crippen molar-refractivity contribution in [2.24, 2.45) is 5.92 Å². The first kappa shape index (κ1) is 24.9. The third-order valence-electron chi connectivity index (χ3n) is 4.73. The van der Waals surface area contributed by atoms with Crippen LogP contribution in [0.5, 0.6) is 0 Å². The summed E-state index contributed by atoms with van der Waals surface area (Å²) in [5.41, 5.74) is 0. The summed E-state index contributed by atoms with van der Waals surface area (Å²) in [6, 6.07) is 0. The van der Waals surface area contributed by atoms with Crippen LogP contribution in [0.15, 0.2) is 0 Å². The second kappa shape index (κ2) is 21.9. The fraction of sp³-hybridized carbons (Fsp3) is 1.00.